The number of hydrogen-bond acceptors (Lipinski definition) is 3. The number of esters is 1. The monoisotopic (exact) mass is 256 g/mol. The predicted molar refractivity (Wildman–Crippen MR) is 72.3 cm³/mol. The summed E-state index contributed by atoms with van der Waals surface area (Å²) in [5, 5.41) is 0. The largest absolute Gasteiger partial charge is 0.462 e. The first-order valence-corrected chi connectivity index (χ1v) is 7.15. The number of ether oxygens (including phenoxy) is 2. The molecule has 1 aliphatic carbocycles. The highest BCUT2D eigenvalue weighted by Crippen LogP contribution is 2.46. The summed E-state index contributed by atoms with van der Waals surface area (Å²) in [5.74, 6) is 0.580. The molecule has 106 valence electrons. The minimum absolute atomic E-state index is 0.0612. The SMILES string of the molecule is COCC(C(=O)OC(C)C)(C(C)C)C1CCCC1. The van der Waals surface area contributed by atoms with Crippen LogP contribution in [0.15, 0.2) is 0 Å². The molecule has 1 rings (SSSR count). The fraction of sp³-hybridized carbons (Fsp3) is 0.933. The molecule has 1 unspecified atom stereocenters. The van der Waals surface area contributed by atoms with E-state index in [0.717, 1.165) is 12.8 Å². The van der Waals surface area contributed by atoms with Gasteiger partial charge in [-0.25, -0.2) is 0 Å². The van der Waals surface area contributed by atoms with Crippen molar-refractivity contribution in [1.29, 1.82) is 0 Å². The van der Waals surface area contributed by atoms with E-state index in [0.29, 0.717) is 12.5 Å². The van der Waals surface area contributed by atoms with Crippen molar-refractivity contribution in [2.75, 3.05) is 13.7 Å². The second-order valence-corrected chi connectivity index (χ2v) is 6.06. The second kappa shape index (κ2) is 6.55. The van der Waals surface area contributed by atoms with Crippen molar-refractivity contribution in [3.8, 4) is 0 Å². The summed E-state index contributed by atoms with van der Waals surface area (Å²) in [6.45, 7) is 8.51. The van der Waals surface area contributed by atoms with Crippen LogP contribution in [0.5, 0.6) is 0 Å². The summed E-state index contributed by atoms with van der Waals surface area (Å²) in [7, 11) is 1.68. The van der Waals surface area contributed by atoms with Crippen LogP contribution in [0.4, 0.5) is 0 Å². The molecule has 1 saturated carbocycles. The van der Waals surface area contributed by atoms with E-state index < -0.39 is 5.41 Å². The first kappa shape index (κ1) is 15.5. The number of hydrogen-bond donors (Lipinski definition) is 0. The highest BCUT2D eigenvalue weighted by Gasteiger charge is 2.50. The van der Waals surface area contributed by atoms with Gasteiger partial charge in [-0.3, -0.25) is 4.79 Å². The maximum atomic E-state index is 12.6. The van der Waals surface area contributed by atoms with Crippen LogP contribution in [-0.2, 0) is 14.3 Å². The van der Waals surface area contributed by atoms with E-state index in [1.165, 1.54) is 12.8 Å². The molecule has 0 heterocycles. The maximum absolute atomic E-state index is 12.6. The summed E-state index contributed by atoms with van der Waals surface area (Å²) in [6.07, 6.45) is 4.62. The smallest absolute Gasteiger partial charge is 0.315 e. The number of methoxy groups -OCH3 is 1. The Morgan fingerprint density at radius 2 is 1.78 bits per heavy atom. The zero-order valence-corrected chi connectivity index (χ0v) is 12.5. The van der Waals surface area contributed by atoms with Crippen molar-refractivity contribution >= 4 is 5.97 Å². The topological polar surface area (TPSA) is 35.5 Å². The van der Waals surface area contributed by atoms with Gasteiger partial charge in [0.2, 0.25) is 0 Å². The van der Waals surface area contributed by atoms with Crippen molar-refractivity contribution in [1.82, 2.24) is 0 Å². The van der Waals surface area contributed by atoms with Gasteiger partial charge in [-0.05, 0) is 38.5 Å². The minimum atomic E-state index is -0.463. The molecule has 1 aliphatic rings. The van der Waals surface area contributed by atoms with E-state index in [4.69, 9.17) is 9.47 Å². The van der Waals surface area contributed by atoms with E-state index in [-0.39, 0.29) is 18.0 Å². The van der Waals surface area contributed by atoms with Crippen LogP contribution in [0.2, 0.25) is 0 Å². The van der Waals surface area contributed by atoms with Crippen LogP contribution in [0, 0.1) is 17.3 Å². The molecule has 0 aromatic heterocycles. The average molecular weight is 256 g/mol. The summed E-state index contributed by atoms with van der Waals surface area (Å²) >= 11 is 0. The van der Waals surface area contributed by atoms with Crippen LogP contribution in [0.3, 0.4) is 0 Å². The lowest BCUT2D eigenvalue weighted by atomic mass is 9.67. The molecule has 0 aliphatic heterocycles. The van der Waals surface area contributed by atoms with Crippen LogP contribution in [-0.4, -0.2) is 25.8 Å². The summed E-state index contributed by atoms with van der Waals surface area (Å²) in [5.41, 5.74) is -0.463. The van der Waals surface area contributed by atoms with E-state index in [9.17, 15) is 4.79 Å². The Morgan fingerprint density at radius 1 is 1.22 bits per heavy atom. The van der Waals surface area contributed by atoms with Crippen LogP contribution < -0.4 is 0 Å². The zero-order chi connectivity index (χ0) is 13.8. The lowest BCUT2D eigenvalue weighted by Crippen LogP contribution is -2.47. The Balaban J connectivity index is 2.99. The lowest BCUT2D eigenvalue weighted by molar-refractivity contribution is -0.173. The molecule has 0 aromatic carbocycles. The Kier molecular flexibility index (Phi) is 5.64. The van der Waals surface area contributed by atoms with Gasteiger partial charge in [0.15, 0.2) is 0 Å². The normalized spacial score (nSPS) is 20.4. The summed E-state index contributed by atoms with van der Waals surface area (Å²) < 4.78 is 10.9. The Labute approximate surface area is 111 Å². The second-order valence-electron chi connectivity index (χ2n) is 6.06. The van der Waals surface area contributed by atoms with Crippen molar-refractivity contribution in [2.24, 2.45) is 17.3 Å². The van der Waals surface area contributed by atoms with E-state index in [2.05, 4.69) is 13.8 Å². The van der Waals surface area contributed by atoms with Gasteiger partial charge < -0.3 is 9.47 Å². The van der Waals surface area contributed by atoms with Gasteiger partial charge in [-0.15, -0.1) is 0 Å². The first-order chi connectivity index (χ1) is 8.45. The van der Waals surface area contributed by atoms with Gasteiger partial charge in [-0.2, -0.15) is 0 Å². The molecule has 1 fully saturated rings. The van der Waals surface area contributed by atoms with Crippen molar-refractivity contribution in [3.05, 3.63) is 0 Å². The fourth-order valence-corrected chi connectivity index (χ4v) is 3.22. The molecular weight excluding hydrogens is 228 g/mol. The molecule has 3 nitrogen and oxygen atoms in total. The van der Waals surface area contributed by atoms with Crippen molar-refractivity contribution < 1.29 is 14.3 Å². The highest BCUT2D eigenvalue weighted by atomic mass is 16.5. The van der Waals surface area contributed by atoms with E-state index in [1.54, 1.807) is 7.11 Å². The Hall–Kier alpha value is -0.570. The third-order valence-corrected chi connectivity index (χ3v) is 4.22. The van der Waals surface area contributed by atoms with Gasteiger partial charge in [0.25, 0.3) is 0 Å². The molecule has 1 atom stereocenters. The highest BCUT2D eigenvalue weighted by molar-refractivity contribution is 5.78. The maximum Gasteiger partial charge on any atom is 0.315 e. The molecular formula is C15H28O3. The van der Waals surface area contributed by atoms with Gasteiger partial charge in [-0.1, -0.05) is 26.7 Å². The molecule has 0 radical (unpaired) electrons. The zero-order valence-electron chi connectivity index (χ0n) is 12.5. The molecule has 0 aromatic rings. The minimum Gasteiger partial charge on any atom is -0.462 e. The number of carbonyl (C=O) groups is 1. The molecule has 3 heteroatoms. The van der Waals surface area contributed by atoms with Crippen LogP contribution in [0.1, 0.15) is 53.4 Å². The van der Waals surface area contributed by atoms with Gasteiger partial charge >= 0.3 is 5.97 Å². The fourth-order valence-electron chi connectivity index (χ4n) is 3.22. The first-order valence-electron chi connectivity index (χ1n) is 7.15. The predicted octanol–water partition coefficient (Wildman–Crippen LogP) is 3.42. The summed E-state index contributed by atoms with van der Waals surface area (Å²) in [6, 6.07) is 0. The quantitative estimate of drug-likeness (QED) is 0.683. The standard InChI is InChI=1S/C15H28O3/c1-11(2)15(10-17-5,13-8-6-7-9-13)14(16)18-12(3)4/h11-13H,6-10H2,1-5H3. The van der Waals surface area contributed by atoms with E-state index >= 15 is 0 Å². The Morgan fingerprint density at radius 3 is 2.17 bits per heavy atom. The number of carbonyl (C=O) groups excluding carboxylic acids is 1. The third kappa shape index (κ3) is 3.05. The molecule has 0 bridgehead atoms. The van der Waals surface area contributed by atoms with E-state index in [1.807, 2.05) is 13.8 Å². The van der Waals surface area contributed by atoms with Gasteiger partial charge in [0.1, 0.15) is 0 Å². The third-order valence-electron chi connectivity index (χ3n) is 4.22. The molecule has 0 amide bonds. The lowest BCUT2D eigenvalue weighted by Gasteiger charge is -2.40. The molecule has 18 heavy (non-hydrogen) atoms. The number of rotatable bonds is 6. The molecule has 0 N–H and O–H groups in total. The molecule has 0 spiro atoms. The van der Waals surface area contributed by atoms with Gasteiger partial charge in [0.05, 0.1) is 18.1 Å². The molecule has 0 saturated heterocycles. The van der Waals surface area contributed by atoms with Crippen molar-refractivity contribution in [3.63, 3.8) is 0 Å². The van der Waals surface area contributed by atoms with Crippen LogP contribution in [0.25, 0.3) is 0 Å². The van der Waals surface area contributed by atoms with Crippen molar-refractivity contribution in [2.45, 2.75) is 59.5 Å². The average Bonchev–Trinajstić information content (AvgIpc) is 2.77. The summed E-state index contributed by atoms with van der Waals surface area (Å²) in [4.78, 5) is 12.6. The van der Waals surface area contributed by atoms with Gasteiger partial charge in [0, 0.05) is 7.11 Å². The Bertz CT molecular complexity index is 267. The van der Waals surface area contributed by atoms with Crippen LogP contribution >= 0.6 is 0 Å².